The molecule has 1 fully saturated rings. The fraction of sp³-hybridized carbons (Fsp3) is 0.375. The molecular weight excluding hydrogens is 378 g/mol. The Kier molecular flexibility index (Phi) is 4.66. The molecule has 1 aromatic heterocycles. The van der Waals surface area contributed by atoms with Gasteiger partial charge in [-0.25, -0.2) is 4.98 Å². The second-order valence-corrected chi connectivity index (χ2v) is 6.77. The van der Waals surface area contributed by atoms with E-state index in [4.69, 9.17) is 5.11 Å². The summed E-state index contributed by atoms with van der Waals surface area (Å²) in [6.07, 6.45) is 2.58. The van der Waals surface area contributed by atoms with Gasteiger partial charge in [0.2, 0.25) is 5.91 Å². The van der Waals surface area contributed by atoms with Gasteiger partial charge in [-0.05, 0) is 31.0 Å². The first-order chi connectivity index (χ1) is 11.5. The summed E-state index contributed by atoms with van der Waals surface area (Å²) in [7, 11) is 0. The first-order valence-electron chi connectivity index (χ1n) is 7.61. The van der Waals surface area contributed by atoms with E-state index in [9.17, 15) is 14.4 Å². The normalized spacial score (nSPS) is 17.9. The zero-order chi connectivity index (χ0) is 17.3. The van der Waals surface area contributed by atoms with Crippen LogP contribution in [0.5, 0.6) is 0 Å². The minimum Gasteiger partial charge on any atom is -0.481 e. The molecule has 1 aliphatic rings. The predicted molar refractivity (Wildman–Crippen MR) is 90.6 cm³/mol. The molecule has 0 bridgehead atoms. The third kappa shape index (κ3) is 3.33. The molecule has 1 aliphatic heterocycles. The van der Waals surface area contributed by atoms with Crippen LogP contribution < -0.4 is 5.56 Å². The number of carbonyl (C=O) groups excluding carboxylic acids is 1. The van der Waals surface area contributed by atoms with E-state index in [0.717, 1.165) is 4.47 Å². The SMILES string of the molecule is O=C(O)C1CCCN(C(=O)Cn2cnc3ccc(Br)cc3c2=O)C1. The molecule has 7 nitrogen and oxygen atoms in total. The average molecular weight is 394 g/mol. The number of piperidine rings is 1. The van der Waals surface area contributed by atoms with E-state index in [1.165, 1.54) is 15.8 Å². The summed E-state index contributed by atoms with van der Waals surface area (Å²) in [5.41, 5.74) is 0.275. The number of aliphatic carboxylic acids is 1. The molecule has 0 saturated carbocycles. The largest absolute Gasteiger partial charge is 0.481 e. The van der Waals surface area contributed by atoms with Crippen molar-refractivity contribution < 1.29 is 14.7 Å². The van der Waals surface area contributed by atoms with Crippen molar-refractivity contribution in [2.45, 2.75) is 19.4 Å². The number of halogens is 1. The Morgan fingerprint density at radius 1 is 1.38 bits per heavy atom. The molecule has 3 rings (SSSR count). The van der Waals surface area contributed by atoms with Gasteiger partial charge in [0.05, 0.1) is 23.1 Å². The van der Waals surface area contributed by atoms with E-state index in [-0.39, 0.29) is 24.6 Å². The molecule has 1 aromatic carbocycles. The fourth-order valence-electron chi connectivity index (χ4n) is 2.89. The van der Waals surface area contributed by atoms with Gasteiger partial charge in [0.1, 0.15) is 6.54 Å². The topological polar surface area (TPSA) is 92.5 Å². The van der Waals surface area contributed by atoms with Gasteiger partial charge >= 0.3 is 5.97 Å². The van der Waals surface area contributed by atoms with Crippen LogP contribution in [-0.2, 0) is 16.1 Å². The highest BCUT2D eigenvalue weighted by atomic mass is 79.9. The van der Waals surface area contributed by atoms with Crippen molar-refractivity contribution in [3.63, 3.8) is 0 Å². The molecule has 1 atom stereocenters. The summed E-state index contributed by atoms with van der Waals surface area (Å²) in [6.45, 7) is 0.569. The van der Waals surface area contributed by atoms with E-state index >= 15 is 0 Å². The molecule has 2 aromatic rings. The van der Waals surface area contributed by atoms with Crippen molar-refractivity contribution in [3.8, 4) is 0 Å². The second kappa shape index (κ2) is 6.72. The number of hydrogen-bond donors (Lipinski definition) is 1. The summed E-state index contributed by atoms with van der Waals surface area (Å²) in [4.78, 5) is 41.8. The van der Waals surface area contributed by atoms with Crippen molar-refractivity contribution in [3.05, 3.63) is 39.4 Å². The Morgan fingerprint density at radius 2 is 2.17 bits per heavy atom. The summed E-state index contributed by atoms with van der Waals surface area (Å²) >= 11 is 3.32. The number of rotatable bonds is 3. The fourth-order valence-corrected chi connectivity index (χ4v) is 3.26. The van der Waals surface area contributed by atoms with Crippen molar-refractivity contribution in [1.29, 1.82) is 0 Å². The quantitative estimate of drug-likeness (QED) is 0.852. The minimum atomic E-state index is -0.887. The van der Waals surface area contributed by atoms with Crippen LogP contribution in [0.3, 0.4) is 0 Å². The average Bonchev–Trinajstić information content (AvgIpc) is 2.58. The summed E-state index contributed by atoms with van der Waals surface area (Å²) in [5.74, 6) is -1.69. The highest BCUT2D eigenvalue weighted by Crippen LogP contribution is 2.17. The Morgan fingerprint density at radius 3 is 2.92 bits per heavy atom. The Balaban J connectivity index is 1.82. The van der Waals surface area contributed by atoms with Crippen LogP contribution in [0.2, 0.25) is 0 Å². The first kappa shape index (κ1) is 16.6. The molecule has 0 spiro atoms. The van der Waals surface area contributed by atoms with Crippen LogP contribution >= 0.6 is 15.9 Å². The number of carboxylic acid groups (broad SMARTS) is 1. The van der Waals surface area contributed by atoms with E-state index < -0.39 is 11.9 Å². The van der Waals surface area contributed by atoms with Gasteiger partial charge < -0.3 is 10.0 Å². The number of carboxylic acids is 1. The van der Waals surface area contributed by atoms with Crippen molar-refractivity contribution in [1.82, 2.24) is 14.5 Å². The maximum atomic E-state index is 12.5. The smallest absolute Gasteiger partial charge is 0.308 e. The minimum absolute atomic E-state index is 0.138. The maximum Gasteiger partial charge on any atom is 0.308 e. The van der Waals surface area contributed by atoms with Crippen molar-refractivity contribution in [2.75, 3.05) is 13.1 Å². The van der Waals surface area contributed by atoms with Gasteiger partial charge in [-0.3, -0.25) is 19.0 Å². The number of nitrogens with zero attached hydrogens (tertiary/aromatic N) is 3. The standard InChI is InChI=1S/C16H16BrN3O4/c17-11-3-4-13-12(6-11)15(22)20(9-18-13)8-14(21)19-5-1-2-10(7-19)16(23)24/h3-4,6,9-10H,1-2,5,7-8H2,(H,23,24). The van der Waals surface area contributed by atoms with Gasteiger partial charge in [-0.2, -0.15) is 0 Å². The molecule has 2 heterocycles. The molecule has 1 amide bonds. The lowest BCUT2D eigenvalue weighted by atomic mass is 9.98. The number of benzene rings is 1. The highest BCUT2D eigenvalue weighted by molar-refractivity contribution is 9.10. The monoisotopic (exact) mass is 393 g/mol. The number of fused-ring (bicyclic) bond motifs is 1. The van der Waals surface area contributed by atoms with Gasteiger partial charge in [-0.15, -0.1) is 0 Å². The van der Waals surface area contributed by atoms with Gasteiger partial charge in [0, 0.05) is 17.6 Å². The molecule has 126 valence electrons. The zero-order valence-corrected chi connectivity index (χ0v) is 14.4. The molecule has 0 aliphatic carbocycles. The zero-order valence-electron chi connectivity index (χ0n) is 12.8. The lowest BCUT2D eigenvalue weighted by Crippen LogP contribution is -2.44. The van der Waals surface area contributed by atoms with E-state index in [1.807, 2.05) is 0 Å². The second-order valence-electron chi connectivity index (χ2n) is 5.86. The third-order valence-electron chi connectivity index (χ3n) is 4.22. The Hall–Kier alpha value is -2.22. The molecule has 1 unspecified atom stereocenters. The maximum absolute atomic E-state index is 12.5. The molecule has 1 saturated heterocycles. The predicted octanol–water partition coefficient (Wildman–Crippen LogP) is 1.48. The lowest BCUT2D eigenvalue weighted by molar-refractivity contribution is -0.145. The summed E-state index contributed by atoms with van der Waals surface area (Å²) in [6, 6.07) is 5.20. The summed E-state index contributed by atoms with van der Waals surface area (Å²) < 4.78 is 2.03. The van der Waals surface area contributed by atoms with Crippen LogP contribution in [0, 0.1) is 5.92 Å². The van der Waals surface area contributed by atoms with E-state index in [0.29, 0.717) is 30.3 Å². The van der Waals surface area contributed by atoms with Crippen LogP contribution in [0.25, 0.3) is 10.9 Å². The Bertz CT molecular complexity index is 864. The molecular formula is C16H16BrN3O4. The van der Waals surface area contributed by atoms with Gasteiger partial charge in [0.25, 0.3) is 5.56 Å². The number of carbonyl (C=O) groups is 2. The highest BCUT2D eigenvalue weighted by Gasteiger charge is 2.28. The van der Waals surface area contributed by atoms with Crippen molar-refractivity contribution >= 4 is 38.7 Å². The van der Waals surface area contributed by atoms with Crippen LogP contribution in [-0.4, -0.2) is 44.5 Å². The third-order valence-corrected chi connectivity index (χ3v) is 4.71. The summed E-state index contributed by atoms with van der Waals surface area (Å²) in [5, 5.41) is 9.54. The van der Waals surface area contributed by atoms with E-state index in [2.05, 4.69) is 20.9 Å². The van der Waals surface area contributed by atoms with Crippen molar-refractivity contribution in [2.24, 2.45) is 5.92 Å². The van der Waals surface area contributed by atoms with Crippen LogP contribution in [0.15, 0.2) is 33.8 Å². The lowest BCUT2D eigenvalue weighted by Gasteiger charge is -2.30. The number of amides is 1. The van der Waals surface area contributed by atoms with Gasteiger partial charge in [-0.1, -0.05) is 15.9 Å². The molecule has 1 N–H and O–H groups in total. The van der Waals surface area contributed by atoms with Crippen LogP contribution in [0.1, 0.15) is 12.8 Å². The molecule has 24 heavy (non-hydrogen) atoms. The van der Waals surface area contributed by atoms with Crippen LogP contribution in [0.4, 0.5) is 0 Å². The number of hydrogen-bond acceptors (Lipinski definition) is 4. The van der Waals surface area contributed by atoms with E-state index in [1.54, 1.807) is 18.2 Å². The number of likely N-dealkylation sites (tertiary alicyclic amines) is 1. The van der Waals surface area contributed by atoms with Gasteiger partial charge in [0.15, 0.2) is 0 Å². The Labute approximate surface area is 146 Å². The number of aromatic nitrogens is 2. The molecule has 0 radical (unpaired) electrons. The molecule has 8 heteroatoms. The first-order valence-corrected chi connectivity index (χ1v) is 8.40.